The van der Waals surface area contributed by atoms with Gasteiger partial charge in [-0.05, 0) is 35.7 Å². The molecule has 0 aromatic heterocycles. The number of hydrogen-bond donors (Lipinski definition) is 1. The lowest BCUT2D eigenvalue weighted by Crippen LogP contribution is -2.32. The summed E-state index contributed by atoms with van der Waals surface area (Å²) in [6.45, 7) is 4.97. The van der Waals surface area contributed by atoms with Crippen molar-refractivity contribution in [2.75, 3.05) is 19.8 Å². The molecule has 3 rings (SSSR count). The Morgan fingerprint density at radius 1 is 1.19 bits per heavy atom. The fraction of sp³-hybridized carbons (Fsp3) is 0.333. The first-order valence-corrected chi connectivity index (χ1v) is 7.41. The summed E-state index contributed by atoms with van der Waals surface area (Å²) in [5.41, 5.74) is 3.84. The summed E-state index contributed by atoms with van der Waals surface area (Å²) in [5, 5.41) is 3.51. The van der Waals surface area contributed by atoms with Gasteiger partial charge in [-0.3, -0.25) is 0 Å². The normalized spacial score (nSPS) is 17.3. The van der Waals surface area contributed by atoms with E-state index in [-0.39, 0.29) is 6.04 Å². The van der Waals surface area contributed by atoms with E-state index in [0.717, 1.165) is 18.9 Å². The molecule has 1 aliphatic rings. The van der Waals surface area contributed by atoms with Crippen molar-refractivity contribution in [2.45, 2.75) is 19.6 Å². The molecular weight excluding hydrogens is 262 g/mol. The van der Waals surface area contributed by atoms with E-state index in [1.165, 1.54) is 16.7 Å². The predicted molar refractivity (Wildman–Crippen MR) is 83.5 cm³/mol. The van der Waals surface area contributed by atoms with Crippen molar-refractivity contribution >= 4 is 0 Å². The monoisotopic (exact) mass is 283 g/mol. The van der Waals surface area contributed by atoms with E-state index in [0.29, 0.717) is 13.2 Å². The number of benzene rings is 2. The lowest BCUT2D eigenvalue weighted by molar-refractivity contribution is 0.0810. The van der Waals surface area contributed by atoms with Crippen molar-refractivity contribution in [2.24, 2.45) is 0 Å². The van der Waals surface area contributed by atoms with E-state index < -0.39 is 0 Å². The fourth-order valence-corrected chi connectivity index (χ4v) is 2.66. The molecule has 0 saturated heterocycles. The zero-order valence-corrected chi connectivity index (χ0v) is 12.3. The summed E-state index contributed by atoms with van der Waals surface area (Å²) in [7, 11) is 0. The number of rotatable bonds is 5. The Morgan fingerprint density at radius 3 is 3.00 bits per heavy atom. The third-order valence-electron chi connectivity index (χ3n) is 3.72. The Hall–Kier alpha value is -1.84. The average Bonchev–Trinajstić information content (AvgIpc) is 2.52. The van der Waals surface area contributed by atoms with Gasteiger partial charge in [0.15, 0.2) is 0 Å². The van der Waals surface area contributed by atoms with Crippen molar-refractivity contribution in [3.63, 3.8) is 0 Å². The molecule has 1 aliphatic heterocycles. The fourth-order valence-electron chi connectivity index (χ4n) is 2.66. The molecular formula is C18H21NO2. The summed E-state index contributed by atoms with van der Waals surface area (Å²) < 4.78 is 11.4. The first-order chi connectivity index (χ1) is 10.3. The first kappa shape index (κ1) is 14.1. The van der Waals surface area contributed by atoms with E-state index >= 15 is 0 Å². The van der Waals surface area contributed by atoms with Crippen LogP contribution in [0.4, 0.5) is 0 Å². The SMILES string of the molecule is Cc1cccc(OCCNC2COCc3ccccc32)c1. The zero-order chi connectivity index (χ0) is 14.5. The van der Waals surface area contributed by atoms with Crippen LogP contribution in [-0.2, 0) is 11.3 Å². The second-order valence-electron chi connectivity index (χ2n) is 5.39. The van der Waals surface area contributed by atoms with Gasteiger partial charge < -0.3 is 14.8 Å². The molecule has 2 aromatic rings. The van der Waals surface area contributed by atoms with E-state index in [4.69, 9.17) is 9.47 Å². The average molecular weight is 283 g/mol. The Balaban J connectivity index is 1.50. The first-order valence-electron chi connectivity index (χ1n) is 7.41. The topological polar surface area (TPSA) is 30.5 Å². The third kappa shape index (κ3) is 3.63. The Kier molecular flexibility index (Phi) is 4.53. The lowest BCUT2D eigenvalue weighted by atomic mass is 9.99. The van der Waals surface area contributed by atoms with Crippen LogP contribution in [0.2, 0.25) is 0 Å². The molecule has 2 aromatic carbocycles. The van der Waals surface area contributed by atoms with Crippen molar-refractivity contribution in [3.05, 3.63) is 65.2 Å². The minimum atomic E-state index is 0.260. The highest BCUT2D eigenvalue weighted by Crippen LogP contribution is 2.24. The molecule has 1 heterocycles. The standard InChI is InChI=1S/C18H21NO2/c1-14-5-4-7-16(11-14)21-10-9-19-18-13-20-12-15-6-2-3-8-17(15)18/h2-8,11,18-19H,9-10,12-13H2,1H3. The van der Waals surface area contributed by atoms with E-state index in [2.05, 4.69) is 48.6 Å². The highest BCUT2D eigenvalue weighted by molar-refractivity contribution is 5.31. The smallest absolute Gasteiger partial charge is 0.119 e. The van der Waals surface area contributed by atoms with Gasteiger partial charge in [-0.15, -0.1) is 0 Å². The second-order valence-corrected chi connectivity index (χ2v) is 5.39. The van der Waals surface area contributed by atoms with E-state index in [1.807, 2.05) is 12.1 Å². The van der Waals surface area contributed by atoms with Gasteiger partial charge in [0.05, 0.1) is 19.3 Å². The Labute approximate surface area is 125 Å². The molecule has 110 valence electrons. The predicted octanol–water partition coefficient (Wildman–Crippen LogP) is 3.23. The molecule has 21 heavy (non-hydrogen) atoms. The highest BCUT2D eigenvalue weighted by Gasteiger charge is 2.19. The summed E-state index contributed by atoms with van der Waals surface area (Å²) in [5.74, 6) is 0.928. The van der Waals surface area contributed by atoms with Crippen LogP contribution in [0.25, 0.3) is 0 Å². The maximum Gasteiger partial charge on any atom is 0.119 e. The number of fused-ring (bicyclic) bond motifs is 1. The molecule has 3 heteroatoms. The van der Waals surface area contributed by atoms with E-state index in [9.17, 15) is 0 Å². The highest BCUT2D eigenvalue weighted by atomic mass is 16.5. The van der Waals surface area contributed by atoms with Gasteiger partial charge in [0, 0.05) is 6.54 Å². The molecule has 0 saturated carbocycles. The number of nitrogens with one attached hydrogen (secondary N) is 1. The lowest BCUT2D eigenvalue weighted by Gasteiger charge is -2.26. The maximum atomic E-state index is 5.76. The van der Waals surface area contributed by atoms with Gasteiger partial charge in [0.2, 0.25) is 0 Å². The zero-order valence-electron chi connectivity index (χ0n) is 12.3. The molecule has 1 N–H and O–H groups in total. The molecule has 0 amide bonds. The van der Waals surface area contributed by atoms with Crippen LogP contribution in [0.15, 0.2) is 48.5 Å². The number of aryl methyl sites for hydroxylation is 1. The maximum absolute atomic E-state index is 5.76. The Bertz CT molecular complexity index is 597. The van der Waals surface area contributed by atoms with Crippen molar-refractivity contribution in [1.29, 1.82) is 0 Å². The molecule has 0 aliphatic carbocycles. The largest absolute Gasteiger partial charge is 0.492 e. The van der Waals surface area contributed by atoms with Gasteiger partial charge >= 0.3 is 0 Å². The van der Waals surface area contributed by atoms with Gasteiger partial charge in [-0.2, -0.15) is 0 Å². The van der Waals surface area contributed by atoms with Crippen molar-refractivity contribution < 1.29 is 9.47 Å². The van der Waals surface area contributed by atoms with Gasteiger partial charge in [-0.25, -0.2) is 0 Å². The van der Waals surface area contributed by atoms with Gasteiger partial charge in [-0.1, -0.05) is 36.4 Å². The number of ether oxygens (including phenoxy) is 2. The molecule has 1 atom stereocenters. The van der Waals surface area contributed by atoms with Gasteiger partial charge in [0.1, 0.15) is 12.4 Å². The summed E-state index contributed by atoms with van der Waals surface area (Å²) in [6, 6.07) is 16.9. The summed E-state index contributed by atoms with van der Waals surface area (Å²) >= 11 is 0. The number of hydrogen-bond acceptors (Lipinski definition) is 3. The van der Waals surface area contributed by atoms with Crippen LogP contribution in [0.5, 0.6) is 5.75 Å². The van der Waals surface area contributed by atoms with E-state index in [1.54, 1.807) is 0 Å². The van der Waals surface area contributed by atoms with Crippen LogP contribution in [0, 0.1) is 6.92 Å². The van der Waals surface area contributed by atoms with Gasteiger partial charge in [0.25, 0.3) is 0 Å². The van der Waals surface area contributed by atoms with Crippen LogP contribution in [0.1, 0.15) is 22.7 Å². The van der Waals surface area contributed by atoms with Crippen molar-refractivity contribution in [3.8, 4) is 5.75 Å². The molecule has 0 bridgehead atoms. The van der Waals surface area contributed by atoms with Crippen LogP contribution in [-0.4, -0.2) is 19.8 Å². The molecule has 0 spiro atoms. The molecule has 0 radical (unpaired) electrons. The quantitative estimate of drug-likeness (QED) is 0.855. The van der Waals surface area contributed by atoms with Crippen LogP contribution < -0.4 is 10.1 Å². The Morgan fingerprint density at radius 2 is 2.10 bits per heavy atom. The molecule has 3 nitrogen and oxygen atoms in total. The minimum Gasteiger partial charge on any atom is -0.492 e. The van der Waals surface area contributed by atoms with Crippen LogP contribution >= 0.6 is 0 Å². The molecule has 1 unspecified atom stereocenters. The molecule has 0 fully saturated rings. The van der Waals surface area contributed by atoms with Crippen LogP contribution in [0.3, 0.4) is 0 Å². The second kappa shape index (κ2) is 6.74. The third-order valence-corrected chi connectivity index (χ3v) is 3.72. The van der Waals surface area contributed by atoms with Crippen molar-refractivity contribution in [1.82, 2.24) is 5.32 Å². The summed E-state index contributed by atoms with van der Waals surface area (Å²) in [4.78, 5) is 0. The minimum absolute atomic E-state index is 0.260. The summed E-state index contributed by atoms with van der Waals surface area (Å²) in [6.07, 6.45) is 0.